The summed E-state index contributed by atoms with van der Waals surface area (Å²) >= 11 is 6.43. The average Bonchev–Trinajstić information content (AvgIpc) is 2.95. The average molecular weight is 561 g/mol. The van der Waals surface area contributed by atoms with E-state index in [0.717, 1.165) is 37.2 Å². The predicted octanol–water partition coefficient (Wildman–Crippen LogP) is 7.67. The van der Waals surface area contributed by atoms with Crippen molar-refractivity contribution in [3.63, 3.8) is 0 Å². The van der Waals surface area contributed by atoms with Crippen LogP contribution in [0.5, 0.6) is 0 Å². The van der Waals surface area contributed by atoms with E-state index in [1.54, 1.807) is 16.7 Å². The van der Waals surface area contributed by atoms with E-state index in [9.17, 15) is 4.79 Å². The molecule has 0 aliphatic carbocycles. The fourth-order valence-corrected chi connectivity index (χ4v) is 4.90. The minimum absolute atomic E-state index is 0.223. The summed E-state index contributed by atoms with van der Waals surface area (Å²) in [7, 11) is 0. The fraction of sp³-hybridized carbons (Fsp3) is 0.333. The van der Waals surface area contributed by atoms with E-state index in [2.05, 4.69) is 62.2 Å². The van der Waals surface area contributed by atoms with Gasteiger partial charge < -0.3 is 10.2 Å². The van der Waals surface area contributed by atoms with Gasteiger partial charge in [0.15, 0.2) is 0 Å². The summed E-state index contributed by atoms with van der Waals surface area (Å²) in [5.41, 5.74) is 3.53. The molecule has 0 fully saturated rings. The van der Waals surface area contributed by atoms with Gasteiger partial charge in [-0.05, 0) is 72.9 Å². The molecule has 3 aromatic carbocycles. The van der Waals surface area contributed by atoms with Crippen molar-refractivity contribution in [1.82, 2.24) is 14.5 Å². The summed E-state index contributed by atoms with van der Waals surface area (Å²) < 4.78 is 16.7. The van der Waals surface area contributed by atoms with Gasteiger partial charge in [-0.15, -0.1) is 0 Å². The fourth-order valence-electron chi connectivity index (χ4n) is 4.70. The van der Waals surface area contributed by atoms with Crippen molar-refractivity contribution < 1.29 is 4.39 Å². The first kappa shape index (κ1) is 29.5. The lowest BCUT2D eigenvalue weighted by Gasteiger charge is -2.18. The topological polar surface area (TPSA) is 50.2 Å². The summed E-state index contributed by atoms with van der Waals surface area (Å²) in [4.78, 5) is 20.9. The van der Waals surface area contributed by atoms with Gasteiger partial charge in [0.25, 0.3) is 5.56 Å². The Balaban J connectivity index is 1.71. The van der Waals surface area contributed by atoms with Gasteiger partial charge in [-0.1, -0.05) is 87.8 Å². The molecule has 40 heavy (non-hydrogen) atoms. The second kappa shape index (κ2) is 13.7. The van der Waals surface area contributed by atoms with Gasteiger partial charge in [0.1, 0.15) is 11.6 Å². The summed E-state index contributed by atoms with van der Waals surface area (Å²) in [6.07, 6.45) is 4.66. The Morgan fingerprint density at radius 2 is 1.77 bits per heavy atom. The molecule has 0 saturated heterocycles. The maximum Gasteiger partial charge on any atom is 0.262 e. The molecule has 1 heterocycles. The minimum Gasteiger partial charge on any atom is -0.383 e. The van der Waals surface area contributed by atoms with Crippen molar-refractivity contribution in [1.29, 1.82) is 0 Å². The van der Waals surface area contributed by atoms with Crippen molar-refractivity contribution in [2.45, 2.75) is 46.6 Å². The van der Waals surface area contributed by atoms with Crippen LogP contribution in [0.4, 0.5) is 10.1 Å². The van der Waals surface area contributed by atoms with Crippen LogP contribution in [0.2, 0.25) is 5.02 Å². The molecule has 0 spiro atoms. The summed E-state index contributed by atoms with van der Waals surface area (Å²) in [5, 5.41) is 3.99. The van der Waals surface area contributed by atoms with E-state index in [1.807, 2.05) is 30.4 Å². The van der Waals surface area contributed by atoms with Crippen molar-refractivity contribution >= 4 is 40.3 Å². The van der Waals surface area contributed by atoms with Gasteiger partial charge >= 0.3 is 0 Å². The summed E-state index contributed by atoms with van der Waals surface area (Å²) in [5.74, 6) is 0.456. The normalized spacial score (nSPS) is 11.8. The van der Waals surface area contributed by atoms with Crippen LogP contribution in [0.25, 0.3) is 23.1 Å². The number of fused-ring (bicyclic) bond motifs is 1. The molecular weight excluding hydrogens is 523 g/mol. The minimum atomic E-state index is -0.466. The monoisotopic (exact) mass is 560 g/mol. The number of anilines is 1. The highest BCUT2D eigenvalue weighted by Gasteiger charge is 2.15. The highest BCUT2D eigenvalue weighted by atomic mass is 35.5. The van der Waals surface area contributed by atoms with E-state index in [0.29, 0.717) is 34.5 Å². The molecule has 1 N–H and O–H groups in total. The molecule has 0 radical (unpaired) electrons. The Hall–Kier alpha value is -3.48. The molecule has 0 amide bonds. The maximum absolute atomic E-state index is 15.1. The third-order valence-corrected chi connectivity index (χ3v) is 7.62. The van der Waals surface area contributed by atoms with Crippen molar-refractivity contribution in [3.8, 4) is 0 Å². The van der Waals surface area contributed by atoms with Crippen molar-refractivity contribution in [2.75, 3.05) is 31.5 Å². The quantitative estimate of drug-likeness (QED) is 0.181. The Bertz CT molecular complexity index is 1520. The number of hydrogen-bond acceptors (Lipinski definition) is 4. The molecule has 0 aliphatic heterocycles. The zero-order chi connectivity index (χ0) is 28.6. The van der Waals surface area contributed by atoms with Gasteiger partial charge in [-0.3, -0.25) is 9.36 Å². The first-order valence-electron chi connectivity index (χ1n) is 14.0. The highest BCUT2D eigenvalue weighted by Crippen LogP contribution is 2.23. The van der Waals surface area contributed by atoms with Gasteiger partial charge in [0.05, 0.1) is 23.1 Å². The first-order valence-corrected chi connectivity index (χ1v) is 14.4. The van der Waals surface area contributed by atoms with Gasteiger partial charge in [0.2, 0.25) is 0 Å². The lowest BCUT2D eigenvalue weighted by Crippen LogP contribution is -2.26. The van der Waals surface area contributed by atoms with Gasteiger partial charge in [0, 0.05) is 11.6 Å². The highest BCUT2D eigenvalue weighted by molar-refractivity contribution is 6.31. The lowest BCUT2D eigenvalue weighted by molar-refractivity contribution is 0.303. The second-order valence-electron chi connectivity index (χ2n) is 10.3. The number of aromatic nitrogens is 2. The van der Waals surface area contributed by atoms with Crippen LogP contribution in [0, 0.1) is 5.82 Å². The van der Waals surface area contributed by atoms with E-state index in [-0.39, 0.29) is 17.5 Å². The number of rotatable bonds is 12. The molecule has 0 saturated carbocycles. The zero-order valence-electron chi connectivity index (χ0n) is 23.8. The van der Waals surface area contributed by atoms with Gasteiger partial charge in [-0.2, -0.15) is 0 Å². The Morgan fingerprint density at radius 3 is 2.45 bits per heavy atom. The van der Waals surface area contributed by atoms with Crippen LogP contribution in [0.1, 0.15) is 62.5 Å². The van der Waals surface area contributed by atoms with Crippen LogP contribution < -0.4 is 10.9 Å². The molecular formula is C33H38ClFN4O. The van der Waals surface area contributed by atoms with E-state index < -0.39 is 5.82 Å². The van der Waals surface area contributed by atoms with Crippen molar-refractivity contribution in [2.24, 2.45) is 0 Å². The third-order valence-electron chi connectivity index (χ3n) is 7.25. The number of halogens is 2. The molecule has 0 bridgehead atoms. The predicted molar refractivity (Wildman–Crippen MR) is 167 cm³/mol. The molecule has 0 aliphatic rings. The van der Waals surface area contributed by atoms with Crippen LogP contribution in [0.15, 0.2) is 65.5 Å². The largest absolute Gasteiger partial charge is 0.383 e. The van der Waals surface area contributed by atoms with Gasteiger partial charge in [-0.25, -0.2) is 9.37 Å². The first-order chi connectivity index (χ1) is 19.3. The molecule has 7 heteroatoms. The third kappa shape index (κ3) is 7.18. The number of benzene rings is 3. The molecule has 5 nitrogen and oxygen atoms in total. The Kier molecular flexibility index (Phi) is 10.1. The van der Waals surface area contributed by atoms with E-state index in [1.165, 1.54) is 11.6 Å². The summed E-state index contributed by atoms with van der Waals surface area (Å²) in [6.45, 7) is 12.4. The van der Waals surface area contributed by atoms with Crippen LogP contribution in [0.3, 0.4) is 0 Å². The zero-order valence-corrected chi connectivity index (χ0v) is 24.5. The Morgan fingerprint density at radius 1 is 1.05 bits per heavy atom. The SMILES string of the molecule is CCN(CC)CCCNc1cc2nc(/C=C/c3ccc(C(C)C)cc3)n(Cc3ccccc3Cl)c(=O)c2cc1F. The molecule has 4 aromatic rings. The molecule has 0 unspecified atom stereocenters. The smallest absolute Gasteiger partial charge is 0.262 e. The molecule has 210 valence electrons. The van der Waals surface area contributed by atoms with Crippen LogP contribution >= 0.6 is 11.6 Å². The number of nitrogens with one attached hydrogen (secondary N) is 1. The van der Waals surface area contributed by atoms with Crippen molar-refractivity contribution in [3.05, 3.63) is 104 Å². The number of nitrogens with zero attached hydrogens (tertiary/aromatic N) is 3. The second-order valence-corrected chi connectivity index (χ2v) is 10.7. The summed E-state index contributed by atoms with van der Waals surface area (Å²) in [6, 6.07) is 18.6. The van der Waals surface area contributed by atoms with E-state index in [4.69, 9.17) is 16.6 Å². The number of hydrogen-bond donors (Lipinski definition) is 1. The molecule has 0 atom stereocenters. The molecule has 4 rings (SSSR count). The van der Waals surface area contributed by atoms with Crippen LogP contribution in [-0.4, -0.2) is 40.6 Å². The lowest BCUT2D eigenvalue weighted by atomic mass is 10.0. The van der Waals surface area contributed by atoms with Crippen LogP contribution in [-0.2, 0) is 6.54 Å². The maximum atomic E-state index is 15.1. The van der Waals surface area contributed by atoms with E-state index >= 15 is 4.39 Å². The standard InChI is InChI=1S/C33H38ClFN4O/c1-5-38(6-2)19-9-18-36-31-21-30-27(20-29(31)35)33(40)39(22-26-10-7-8-11-28(26)34)32(37-30)17-14-24-12-15-25(16-13-24)23(3)4/h7-8,10-17,20-21,23,36H,5-6,9,18-19,22H2,1-4H3/b17-14+. The molecule has 1 aromatic heterocycles. The Labute approximate surface area is 241 Å².